The number of methoxy groups -OCH3 is 1. The normalized spacial score (nSPS) is 15.4. The maximum atomic E-state index is 12.0. The zero-order chi connectivity index (χ0) is 21.1. The molecule has 0 saturated carbocycles. The van der Waals surface area contributed by atoms with Crippen molar-refractivity contribution in [2.24, 2.45) is 4.99 Å². The minimum Gasteiger partial charge on any atom is -0.383 e. The molecule has 2 rings (SSSR count). The molecule has 0 bridgehead atoms. The standard InChI is InChI=1S/C22H37N5O2/c1-5-23-22(25-7-6-20-15-18(2)14-19(3)16-20)27-11-9-26(10-12-27)17-21(28)24-8-13-29-4/h14-16H,5-13,17H2,1-4H3,(H,23,25)(H,24,28). The number of amides is 1. The van der Waals surface area contributed by atoms with Crippen LogP contribution in [0.15, 0.2) is 23.2 Å². The molecule has 7 nitrogen and oxygen atoms in total. The van der Waals surface area contributed by atoms with Crippen LogP contribution in [0.4, 0.5) is 0 Å². The highest BCUT2D eigenvalue weighted by Gasteiger charge is 2.21. The molecule has 2 N–H and O–H groups in total. The Labute approximate surface area is 175 Å². The Kier molecular flexibility index (Phi) is 9.94. The van der Waals surface area contributed by atoms with Crippen LogP contribution in [0.25, 0.3) is 0 Å². The number of aliphatic imine (C=N–C) groups is 1. The van der Waals surface area contributed by atoms with E-state index in [0.717, 1.165) is 51.6 Å². The molecule has 1 aliphatic rings. The van der Waals surface area contributed by atoms with Gasteiger partial charge in [-0.05, 0) is 32.8 Å². The largest absolute Gasteiger partial charge is 0.383 e. The minimum absolute atomic E-state index is 0.0597. The van der Waals surface area contributed by atoms with Crippen LogP contribution >= 0.6 is 0 Å². The van der Waals surface area contributed by atoms with E-state index < -0.39 is 0 Å². The summed E-state index contributed by atoms with van der Waals surface area (Å²) in [5.41, 5.74) is 3.95. The van der Waals surface area contributed by atoms with Gasteiger partial charge < -0.3 is 20.3 Å². The third-order valence-corrected chi connectivity index (χ3v) is 4.95. The molecule has 1 aromatic carbocycles. The summed E-state index contributed by atoms with van der Waals surface area (Å²) in [5.74, 6) is 1.03. The van der Waals surface area contributed by atoms with Crippen LogP contribution < -0.4 is 10.6 Å². The number of hydrogen-bond donors (Lipinski definition) is 2. The lowest BCUT2D eigenvalue weighted by Crippen LogP contribution is -2.54. The fourth-order valence-electron chi connectivity index (χ4n) is 3.60. The zero-order valence-corrected chi connectivity index (χ0v) is 18.5. The second kappa shape index (κ2) is 12.4. The van der Waals surface area contributed by atoms with Crippen LogP contribution in [0.5, 0.6) is 0 Å². The fraction of sp³-hybridized carbons (Fsp3) is 0.636. The lowest BCUT2D eigenvalue weighted by atomic mass is 10.1. The van der Waals surface area contributed by atoms with E-state index in [4.69, 9.17) is 9.73 Å². The quantitative estimate of drug-likeness (QED) is 0.368. The first-order valence-electron chi connectivity index (χ1n) is 10.6. The molecule has 162 valence electrons. The van der Waals surface area contributed by atoms with Crippen molar-refractivity contribution in [3.8, 4) is 0 Å². The molecule has 1 saturated heterocycles. The van der Waals surface area contributed by atoms with Crippen LogP contribution in [0.3, 0.4) is 0 Å². The molecule has 29 heavy (non-hydrogen) atoms. The number of ether oxygens (including phenoxy) is 1. The van der Waals surface area contributed by atoms with Gasteiger partial charge in [0, 0.05) is 52.9 Å². The van der Waals surface area contributed by atoms with Gasteiger partial charge in [0.05, 0.1) is 13.2 Å². The molecule has 1 fully saturated rings. The number of aryl methyl sites for hydroxylation is 2. The van der Waals surface area contributed by atoms with Crippen LogP contribution in [0.1, 0.15) is 23.6 Å². The van der Waals surface area contributed by atoms with E-state index in [9.17, 15) is 4.79 Å². The van der Waals surface area contributed by atoms with Crippen molar-refractivity contribution in [3.63, 3.8) is 0 Å². The summed E-state index contributed by atoms with van der Waals surface area (Å²) in [6.07, 6.45) is 0.943. The van der Waals surface area contributed by atoms with Crippen LogP contribution in [0, 0.1) is 13.8 Å². The van der Waals surface area contributed by atoms with Crippen LogP contribution in [0.2, 0.25) is 0 Å². The molecular formula is C22H37N5O2. The highest BCUT2D eigenvalue weighted by molar-refractivity contribution is 5.80. The maximum Gasteiger partial charge on any atom is 0.234 e. The summed E-state index contributed by atoms with van der Waals surface area (Å²) in [7, 11) is 1.64. The average Bonchev–Trinajstić information content (AvgIpc) is 2.67. The summed E-state index contributed by atoms with van der Waals surface area (Å²) < 4.78 is 4.96. The number of rotatable bonds is 9. The van der Waals surface area contributed by atoms with Gasteiger partial charge in [0.15, 0.2) is 5.96 Å². The first kappa shape index (κ1) is 23.2. The summed E-state index contributed by atoms with van der Waals surface area (Å²) in [6.45, 7) is 13.0. The number of nitrogens with one attached hydrogen (secondary N) is 2. The van der Waals surface area contributed by atoms with E-state index in [2.05, 4.69) is 59.4 Å². The van der Waals surface area contributed by atoms with Crippen LogP contribution in [-0.4, -0.2) is 87.7 Å². The summed E-state index contributed by atoms with van der Waals surface area (Å²) in [4.78, 5) is 21.3. The number of carbonyl (C=O) groups is 1. The summed E-state index contributed by atoms with van der Waals surface area (Å²) >= 11 is 0. The molecule has 1 heterocycles. The minimum atomic E-state index is 0.0597. The van der Waals surface area contributed by atoms with Gasteiger partial charge in [-0.15, -0.1) is 0 Å². The second-order valence-electron chi connectivity index (χ2n) is 7.59. The third-order valence-electron chi connectivity index (χ3n) is 4.95. The fourth-order valence-corrected chi connectivity index (χ4v) is 3.60. The summed E-state index contributed by atoms with van der Waals surface area (Å²) in [6, 6.07) is 6.69. The first-order valence-corrected chi connectivity index (χ1v) is 10.6. The van der Waals surface area contributed by atoms with E-state index >= 15 is 0 Å². The van der Waals surface area contributed by atoms with Gasteiger partial charge in [-0.25, -0.2) is 0 Å². The van der Waals surface area contributed by atoms with Crippen molar-refractivity contribution in [2.45, 2.75) is 27.2 Å². The van der Waals surface area contributed by atoms with E-state index in [-0.39, 0.29) is 5.91 Å². The Hall–Kier alpha value is -2.12. The Morgan fingerprint density at radius 1 is 1.10 bits per heavy atom. The SMILES string of the molecule is CCNC(=NCCc1cc(C)cc(C)c1)N1CCN(CC(=O)NCCOC)CC1. The van der Waals surface area contributed by atoms with Gasteiger partial charge in [0.2, 0.25) is 5.91 Å². The molecule has 0 aromatic heterocycles. The third kappa shape index (κ3) is 8.41. The smallest absolute Gasteiger partial charge is 0.234 e. The topological polar surface area (TPSA) is 69.2 Å². The molecule has 1 amide bonds. The molecule has 0 unspecified atom stereocenters. The van der Waals surface area contributed by atoms with Gasteiger partial charge in [-0.1, -0.05) is 29.3 Å². The van der Waals surface area contributed by atoms with E-state index in [0.29, 0.717) is 19.7 Å². The Morgan fingerprint density at radius 3 is 2.41 bits per heavy atom. The van der Waals surface area contributed by atoms with Crippen molar-refractivity contribution in [1.82, 2.24) is 20.4 Å². The van der Waals surface area contributed by atoms with Gasteiger partial charge in [-0.3, -0.25) is 14.7 Å². The number of guanidine groups is 1. The van der Waals surface area contributed by atoms with Crippen molar-refractivity contribution in [1.29, 1.82) is 0 Å². The first-order chi connectivity index (χ1) is 14.0. The monoisotopic (exact) mass is 403 g/mol. The Balaban J connectivity index is 1.81. The number of piperazine rings is 1. The molecule has 0 atom stereocenters. The van der Waals surface area contributed by atoms with Crippen molar-refractivity contribution < 1.29 is 9.53 Å². The van der Waals surface area contributed by atoms with Crippen molar-refractivity contribution in [2.75, 3.05) is 66.1 Å². The van der Waals surface area contributed by atoms with Crippen molar-refractivity contribution >= 4 is 11.9 Å². The Bertz CT molecular complexity index is 649. The van der Waals surface area contributed by atoms with Crippen LogP contribution in [-0.2, 0) is 16.0 Å². The average molecular weight is 404 g/mol. The van der Waals surface area contributed by atoms with Gasteiger partial charge in [0.1, 0.15) is 0 Å². The molecule has 1 aliphatic heterocycles. The number of carbonyl (C=O) groups excluding carboxylic acids is 1. The zero-order valence-electron chi connectivity index (χ0n) is 18.5. The molecule has 0 spiro atoms. The maximum absolute atomic E-state index is 12.0. The molecule has 0 aliphatic carbocycles. The molecule has 1 aromatic rings. The number of nitrogens with zero attached hydrogens (tertiary/aromatic N) is 3. The van der Waals surface area contributed by atoms with Gasteiger partial charge in [-0.2, -0.15) is 0 Å². The second-order valence-corrected chi connectivity index (χ2v) is 7.59. The summed E-state index contributed by atoms with van der Waals surface area (Å²) in [5, 5.41) is 6.30. The molecular weight excluding hydrogens is 366 g/mol. The van der Waals surface area contributed by atoms with E-state index in [1.807, 2.05) is 0 Å². The lowest BCUT2D eigenvalue weighted by molar-refractivity contribution is -0.122. The number of benzene rings is 1. The van der Waals surface area contributed by atoms with E-state index in [1.165, 1.54) is 16.7 Å². The lowest BCUT2D eigenvalue weighted by Gasteiger charge is -2.36. The van der Waals surface area contributed by atoms with Gasteiger partial charge >= 0.3 is 0 Å². The predicted molar refractivity (Wildman–Crippen MR) is 118 cm³/mol. The Morgan fingerprint density at radius 2 is 1.79 bits per heavy atom. The van der Waals surface area contributed by atoms with Gasteiger partial charge in [0.25, 0.3) is 0 Å². The number of hydrogen-bond acceptors (Lipinski definition) is 4. The highest BCUT2D eigenvalue weighted by Crippen LogP contribution is 2.10. The highest BCUT2D eigenvalue weighted by atomic mass is 16.5. The van der Waals surface area contributed by atoms with Crippen molar-refractivity contribution in [3.05, 3.63) is 34.9 Å². The molecule has 7 heteroatoms. The van der Waals surface area contributed by atoms with E-state index in [1.54, 1.807) is 7.11 Å². The predicted octanol–water partition coefficient (Wildman–Crippen LogP) is 1.19. The molecule has 0 radical (unpaired) electrons.